The number of nitrogens with one attached hydrogen (secondary N) is 1. The van der Waals surface area contributed by atoms with Gasteiger partial charge in [-0.05, 0) is 42.9 Å². The van der Waals surface area contributed by atoms with Crippen molar-refractivity contribution < 1.29 is 9.90 Å². The zero-order valence-electron chi connectivity index (χ0n) is 10.5. The summed E-state index contributed by atoms with van der Waals surface area (Å²) >= 11 is 11.7. The summed E-state index contributed by atoms with van der Waals surface area (Å²) < 4.78 is 0. The highest BCUT2D eigenvalue weighted by Gasteiger charge is 2.26. The molecule has 1 amide bonds. The van der Waals surface area contributed by atoms with Gasteiger partial charge in [-0.1, -0.05) is 29.6 Å². The van der Waals surface area contributed by atoms with E-state index in [1.54, 1.807) is 18.2 Å². The zero-order valence-corrected chi connectivity index (χ0v) is 12.0. The molecule has 1 aromatic carbocycles. The Morgan fingerprint density at radius 1 is 1.26 bits per heavy atom. The molecule has 2 rings (SSSR count). The Labute approximate surface area is 122 Å². The van der Waals surface area contributed by atoms with Crippen LogP contribution < -0.4 is 5.32 Å². The van der Waals surface area contributed by atoms with Crippen LogP contribution in [0.4, 0.5) is 0 Å². The third-order valence-electron chi connectivity index (χ3n) is 3.76. The Morgan fingerprint density at radius 3 is 2.68 bits per heavy atom. The molecule has 5 heteroatoms. The lowest BCUT2D eigenvalue weighted by Crippen LogP contribution is -2.31. The Kier molecular flexibility index (Phi) is 5.08. The van der Waals surface area contributed by atoms with Crippen molar-refractivity contribution in [3.05, 3.63) is 33.8 Å². The first-order valence-electron chi connectivity index (χ1n) is 6.46. The van der Waals surface area contributed by atoms with Crippen LogP contribution in [-0.4, -0.2) is 24.2 Å². The van der Waals surface area contributed by atoms with Crippen molar-refractivity contribution in [2.24, 2.45) is 11.8 Å². The maximum Gasteiger partial charge on any atom is 0.251 e. The van der Waals surface area contributed by atoms with E-state index in [4.69, 9.17) is 23.2 Å². The minimum atomic E-state index is -0.151. The monoisotopic (exact) mass is 301 g/mol. The second-order valence-corrected chi connectivity index (χ2v) is 5.79. The van der Waals surface area contributed by atoms with E-state index in [9.17, 15) is 9.90 Å². The molecule has 0 saturated heterocycles. The number of benzene rings is 1. The van der Waals surface area contributed by atoms with Crippen molar-refractivity contribution in [3.63, 3.8) is 0 Å². The van der Waals surface area contributed by atoms with Gasteiger partial charge in [0.05, 0.1) is 10.0 Å². The second kappa shape index (κ2) is 6.60. The molecule has 19 heavy (non-hydrogen) atoms. The van der Waals surface area contributed by atoms with Crippen LogP contribution in [-0.2, 0) is 0 Å². The van der Waals surface area contributed by atoms with Gasteiger partial charge < -0.3 is 10.4 Å². The Morgan fingerprint density at radius 2 is 2.00 bits per heavy atom. The van der Waals surface area contributed by atoms with Crippen LogP contribution in [0.3, 0.4) is 0 Å². The number of carbonyl (C=O) groups excluding carboxylic acids is 1. The third-order valence-corrected chi connectivity index (χ3v) is 4.50. The van der Waals surface area contributed by atoms with Gasteiger partial charge in [0, 0.05) is 18.7 Å². The third kappa shape index (κ3) is 3.62. The summed E-state index contributed by atoms with van der Waals surface area (Å²) in [6.07, 6.45) is 3.23. The maximum atomic E-state index is 12.0. The number of aliphatic hydroxyl groups is 1. The summed E-state index contributed by atoms with van der Waals surface area (Å²) in [7, 11) is 0. The lowest BCUT2D eigenvalue weighted by Gasteiger charge is -2.17. The predicted molar refractivity (Wildman–Crippen MR) is 76.7 cm³/mol. The van der Waals surface area contributed by atoms with Crippen LogP contribution in [0, 0.1) is 11.8 Å². The maximum absolute atomic E-state index is 12.0. The van der Waals surface area contributed by atoms with Gasteiger partial charge in [-0.3, -0.25) is 4.79 Å². The van der Waals surface area contributed by atoms with Crippen molar-refractivity contribution in [3.8, 4) is 0 Å². The Hall–Kier alpha value is -0.770. The quantitative estimate of drug-likeness (QED) is 0.897. The molecule has 1 saturated carbocycles. The van der Waals surface area contributed by atoms with Crippen molar-refractivity contribution >= 4 is 29.1 Å². The summed E-state index contributed by atoms with van der Waals surface area (Å²) in [5.41, 5.74) is 0.507. The van der Waals surface area contributed by atoms with Gasteiger partial charge in [-0.2, -0.15) is 0 Å². The summed E-state index contributed by atoms with van der Waals surface area (Å²) in [6.45, 7) is 0.803. The van der Waals surface area contributed by atoms with Crippen LogP contribution in [0.25, 0.3) is 0 Å². The van der Waals surface area contributed by atoms with Crippen LogP contribution in [0.15, 0.2) is 18.2 Å². The van der Waals surface area contributed by atoms with E-state index in [2.05, 4.69) is 5.32 Å². The second-order valence-electron chi connectivity index (χ2n) is 4.97. The fraction of sp³-hybridized carbons (Fsp3) is 0.500. The molecule has 1 aliphatic rings. The molecule has 2 atom stereocenters. The minimum Gasteiger partial charge on any atom is -0.396 e. The molecular weight excluding hydrogens is 285 g/mol. The fourth-order valence-electron chi connectivity index (χ4n) is 2.59. The summed E-state index contributed by atoms with van der Waals surface area (Å²) in [5.74, 6) is 0.535. The van der Waals surface area contributed by atoms with Crippen molar-refractivity contribution in [2.75, 3.05) is 13.2 Å². The largest absolute Gasteiger partial charge is 0.396 e. The molecule has 0 bridgehead atoms. The SMILES string of the molecule is O=C(NCC1CCCC1CO)c1ccc(Cl)c(Cl)c1. The first-order chi connectivity index (χ1) is 9.11. The number of hydrogen-bond acceptors (Lipinski definition) is 2. The van der Waals surface area contributed by atoms with Crippen LogP contribution in [0.2, 0.25) is 10.0 Å². The number of amides is 1. The summed E-state index contributed by atoms with van der Waals surface area (Å²) in [6, 6.07) is 4.84. The molecule has 2 unspecified atom stereocenters. The highest BCUT2D eigenvalue weighted by Crippen LogP contribution is 2.30. The van der Waals surface area contributed by atoms with Gasteiger partial charge in [-0.25, -0.2) is 0 Å². The molecule has 3 nitrogen and oxygen atoms in total. The minimum absolute atomic E-state index is 0.151. The fourth-order valence-corrected chi connectivity index (χ4v) is 2.88. The molecule has 1 aliphatic carbocycles. The molecule has 104 valence electrons. The molecule has 1 aromatic rings. The van der Waals surface area contributed by atoms with Crippen LogP contribution in [0.5, 0.6) is 0 Å². The van der Waals surface area contributed by atoms with Gasteiger partial charge in [0.1, 0.15) is 0 Å². The highest BCUT2D eigenvalue weighted by molar-refractivity contribution is 6.42. The average molecular weight is 302 g/mol. The van der Waals surface area contributed by atoms with Crippen molar-refractivity contribution in [2.45, 2.75) is 19.3 Å². The molecule has 0 aromatic heterocycles. The van der Waals surface area contributed by atoms with Gasteiger partial charge in [0.2, 0.25) is 0 Å². The number of hydrogen-bond donors (Lipinski definition) is 2. The zero-order chi connectivity index (χ0) is 13.8. The van der Waals surface area contributed by atoms with E-state index < -0.39 is 0 Å². The first kappa shape index (κ1) is 14.6. The van der Waals surface area contributed by atoms with Gasteiger partial charge >= 0.3 is 0 Å². The molecular formula is C14H17Cl2NO2. The van der Waals surface area contributed by atoms with Crippen LogP contribution in [0.1, 0.15) is 29.6 Å². The van der Waals surface area contributed by atoms with Crippen molar-refractivity contribution in [1.29, 1.82) is 0 Å². The standard InChI is InChI=1S/C14H17Cl2NO2/c15-12-5-4-9(6-13(12)16)14(19)17-7-10-2-1-3-11(10)8-18/h4-6,10-11,18H,1-3,7-8H2,(H,17,19). The first-order valence-corrected chi connectivity index (χ1v) is 7.21. The van der Waals surface area contributed by atoms with Gasteiger partial charge in [0.25, 0.3) is 5.91 Å². The van der Waals surface area contributed by atoms with E-state index in [0.717, 1.165) is 19.3 Å². The van der Waals surface area contributed by atoms with E-state index >= 15 is 0 Å². The van der Waals surface area contributed by atoms with E-state index in [1.807, 2.05) is 0 Å². The van der Waals surface area contributed by atoms with Gasteiger partial charge in [0.15, 0.2) is 0 Å². The number of carbonyl (C=O) groups is 1. The predicted octanol–water partition coefficient (Wildman–Crippen LogP) is 3.13. The lowest BCUT2D eigenvalue weighted by molar-refractivity contribution is 0.0938. The Balaban J connectivity index is 1.92. The molecule has 2 N–H and O–H groups in total. The topological polar surface area (TPSA) is 49.3 Å². The average Bonchev–Trinajstić information content (AvgIpc) is 2.86. The molecule has 0 aliphatic heterocycles. The number of halogens is 2. The van der Waals surface area contributed by atoms with E-state index in [1.165, 1.54) is 0 Å². The molecule has 1 fully saturated rings. The normalized spacial score (nSPS) is 22.5. The van der Waals surface area contributed by atoms with E-state index in [0.29, 0.717) is 34.0 Å². The number of aliphatic hydroxyl groups excluding tert-OH is 1. The number of rotatable bonds is 4. The lowest BCUT2D eigenvalue weighted by atomic mass is 9.97. The Bertz CT molecular complexity index is 465. The highest BCUT2D eigenvalue weighted by atomic mass is 35.5. The molecule has 0 spiro atoms. The van der Waals surface area contributed by atoms with Gasteiger partial charge in [-0.15, -0.1) is 0 Å². The van der Waals surface area contributed by atoms with Crippen LogP contribution >= 0.6 is 23.2 Å². The molecule has 0 radical (unpaired) electrons. The summed E-state index contributed by atoms with van der Waals surface area (Å²) in [5, 5.41) is 13.0. The summed E-state index contributed by atoms with van der Waals surface area (Å²) in [4.78, 5) is 12.0. The molecule has 0 heterocycles. The van der Waals surface area contributed by atoms with Crippen molar-refractivity contribution in [1.82, 2.24) is 5.32 Å². The van der Waals surface area contributed by atoms with E-state index in [-0.39, 0.29) is 12.5 Å². The smallest absolute Gasteiger partial charge is 0.251 e.